The maximum atomic E-state index is 11.6. The van der Waals surface area contributed by atoms with Gasteiger partial charge in [0.1, 0.15) is 5.78 Å². The van der Waals surface area contributed by atoms with Crippen LogP contribution in [0.2, 0.25) is 0 Å². The molecule has 0 aromatic heterocycles. The van der Waals surface area contributed by atoms with Crippen molar-refractivity contribution >= 4 is 24.1 Å². The Morgan fingerprint density at radius 1 is 0.978 bits per heavy atom. The molecule has 1 fully saturated rings. The van der Waals surface area contributed by atoms with Crippen molar-refractivity contribution in [1.82, 2.24) is 9.80 Å². The van der Waals surface area contributed by atoms with Gasteiger partial charge in [-0.3, -0.25) is 19.4 Å². The molecule has 1 saturated heterocycles. The molecule has 3 rings (SSSR count). The summed E-state index contributed by atoms with van der Waals surface area (Å²) in [5, 5.41) is 10.1. The fraction of sp³-hybridized carbons (Fsp3) is 0.543. The molecule has 0 aliphatic carbocycles. The SMILES string of the molecule is CC(C)(C)[O-].CC1CN(Cc2ccccc2)[C@H](C)CC1=O.CCCN(Cc1ccccc1)[C@H](C)CC(=O)OC.O=C=O.O=C=O.[K+]. The molecule has 11 heteroatoms. The number of likely N-dealkylation sites (tertiary alicyclic amines) is 1. The summed E-state index contributed by atoms with van der Waals surface area (Å²) in [6.07, 6.45) is 2.73. The summed E-state index contributed by atoms with van der Waals surface area (Å²) in [6, 6.07) is 21.4. The number of nitrogens with zero attached hydrogens (tertiary/aromatic N) is 2. The van der Waals surface area contributed by atoms with Crippen molar-refractivity contribution < 1.29 is 90.0 Å². The van der Waals surface area contributed by atoms with E-state index in [0.29, 0.717) is 24.7 Å². The van der Waals surface area contributed by atoms with E-state index in [1.54, 1.807) is 20.8 Å². The number of rotatable bonds is 9. The summed E-state index contributed by atoms with van der Waals surface area (Å²) >= 11 is 0. The molecule has 0 bridgehead atoms. The van der Waals surface area contributed by atoms with E-state index in [1.165, 1.54) is 18.2 Å². The van der Waals surface area contributed by atoms with Gasteiger partial charge in [0.2, 0.25) is 0 Å². The van der Waals surface area contributed by atoms with Gasteiger partial charge in [0.25, 0.3) is 0 Å². The van der Waals surface area contributed by atoms with Gasteiger partial charge in [-0.1, -0.05) is 95.3 Å². The van der Waals surface area contributed by atoms with Crippen molar-refractivity contribution in [3.05, 3.63) is 71.8 Å². The van der Waals surface area contributed by atoms with Crippen LogP contribution in [0.4, 0.5) is 0 Å². The Bertz CT molecular complexity index is 1110. The Morgan fingerprint density at radius 3 is 1.83 bits per heavy atom. The largest absolute Gasteiger partial charge is 1.00 e. The van der Waals surface area contributed by atoms with Gasteiger partial charge in [0.15, 0.2) is 0 Å². The second-order valence-electron chi connectivity index (χ2n) is 11.7. The zero-order valence-electron chi connectivity index (χ0n) is 29.1. The molecule has 10 nitrogen and oxygen atoms in total. The van der Waals surface area contributed by atoms with Gasteiger partial charge in [-0.25, -0.2) is 0 Å². The van der Waals surface area contributed by atoms with Crippen LogP contribution in [-0.2, 0) is 46.6 Å². The first-order chi connectivity index (χ1) is 21.2. The Balaban J connectivity index is -0.000000602. The van der Waals surface area contributed by atoms with Crippen LogP contribution in [0.3, 0.4) is 0 Å². The topological polar surface area (TPSA) is 141 Å². The smallest absolute Gasteiger partial charge is 0.850 e. The monoisotopic (exact) mass is 666 g/mol. The average Bonchev–Trinajstić information content (AvgIpc) is 2.97. The van der Waals surface area contributed by atoms with Crippen LogP contribution in [0, 0.1) is 5.92 Å². The molecule has 1 unspecified atom stereocenters. The van der Waals surface area contributed by atoms with E-state index in [1.807, 2.05) is 31.2 Å². The summed E-state index contributed by atoms with van der Waals surface area (Å²) in [7, 11) is 1.44. The summed E-state index contributed by atoms with van der Waals surface area (Å²) in [5.74, 6) is 0.466. The summed E-state index contributed by atoms with van der Waals surface area (Å²) < 4.78 is 4.73. The van der Waals surface area contributed by atoms with E-state index >= 15 is 0 Å². The fourth-order valence-electron chi connectivity index (χ4n) is 4.31. The molecule has 3 atom stereocenters. The fourth-order valence-corrected chi connectivity index (χ4v) is 4.31. The summed E-state index contributed by atoms with van der Waals surface area (Å²) in [5.41, 5.74) is 1.86. The van der Waals surface area contributed by atoms with Crippen LogP contribution in [0.15, 0.2) is 60.7 Å². The maximum absolute atomic E-state index is 11.6. The molecule has 0 radical (unpaired) electrons. The zero-order chi connectivity index (χ0) is 34.8. The number of methoxy groups -OCH3 is 1. The van der Waals surface area contributed by atoms with E-state index in [4.69, 9.17) is 23.9 Å². The number of ether oxygens (including phenoxy) is 1. The molecule has 0 saturated carbocycles. The Kier molecular flexibility index (Phi) is 30.5. The Morgan fingerprint density at radius 2 is 1.41 bits per heavy atom. The van der Waals surface area contributed by atoms with Crippen molar-refractivity contribution in [1.29, 1.82) is 0 Å². The van der Waals surface area contributed by atoms with Crippen LogP contribution in [-0.4, -0.2) is 71.7 Å². The first-order valence-corrected chi connectivity index (χ1v) is 15.0. The van der Waals surface area contributed by atoms with Crippen LogP contribution < -0.4 is 56.5 Å². The molecule has 2 aromatic rings. The molecule has 250 valence electrons. The molecule has 0 spiro atoms. The molecule has 0 N–H and O–H groups in total. The van der Waals surface area contributed by atoms with Crippen molar-refractivity contribution in [2.24, 2.45) is 5.92 Å². The molecular weight excluding hydrogens is 615 g/mol. The molecule has 0 amide bonds. The van der Waals surface area contributed by atoms with Crippen molar-refractivity contribution in [3.63, 3.8) is 0 Å². The average molecular weight is 667 g/mol. The molecule has 46 heavy (non-hydrogen) atoms. The van der Waals surface area contributed by atoms with Gasteiger partial charge in [-0.05, 0) is 37.9 Å². The van der Waals surface area contributed by atoms with E-state index in [9.17, 15) is 14.7 Å². The number of esters is 1. The minimum atomic E-state index is -0.750. The number of hydrogen-bond acceptors (Lipinski definition) is 10. The Hall–Kier alpha value is -2.14. The third kappa shape index (κ3) is 27.0. The standard InChI is InChI=1S/C15H23NO2.C14H19NO.C4H9O.2CO2.K/c1-4-10-16(13(2)11-15(17)18-3)12-14-8-6-5-7-9-14;1-11-9-15(12(2)8-14(11)16)10-13-6-4-3-5-7-13;1-4(2,3)5;2*2-1-3;/h5-9,13H,4,10-12H2,1-3H3;3-7,11-12H,8-10H2,1-2H3;1-3H3;;;/q;;-1;;;+1/t13-;11?,12-;;;;/m11..../s1. The van der Waals surface area contributed by atoms with E-state index in [-0.39, 0.29) is 81.6 Å². The number of benzene rings is 2. The van der Waals surface area contributed by atoms with Crippen LogP contribution in [0.25, 0.3) is 0 Å². The van der Waals surface area contributed by atoms with Gasteiger partial charge in [-0.2, -0.15) is 19.2 Å². The molecule has 1 heterocycles. The zero-order valence-corrected chi connectivity index (χ0v) is 32.2. The van der Waals surface area contributed by atoms with Gasteiger partial charge >= 0.3 is 69.7 Å². The third-order valence-electron chi connectivity index (χ3n) is 6.46. The normalized spacial score (nSPS) is 15.9. The van der Waals surface area contributed by atoms with Crippen molar-refractivity contribution in [2.75, 3.05) is 20.2 Å². The van der Waals surface area contributed by atoms with E-state index in [0.717, 1.165) is 32.6 Å². The van der Waals surface area contributed by atoms with Crippen LogP contribution in [0.5, 0.6) is 0 Å². The van der Waals surface area contributed by atoms with Gasteiger partial charge < -0.3 is 9.84 Å². The third-order valence-corrected chi connectivity index (χ3v) is 6.46. The Labute approximate surface area is 317 Å². The van der Waals surface area contributed by atoms with Crippen molar-refractivity contribution in [2.45, 2.75) is 98.5 Å². The predicted octanol–water partition coefficient (Wildman–Crippen LogP) is 1.32. The number of piperidine rings is 1. The maximum Gasteiger partial charge on any atom is 1.00 e. The minimum absolute atomic E-state index is 0. The summed E-state index contributed by atoms with van der Waals surface area (Å²) in [4.78, 5) is 60.1. The van der Waals surface area contributed by atoms with Crippen LogP contribution in [0.1, 0.15) is 78.9 Å². The van der Waals surface area contributed by atoms with E-state index in [2.05, 4.69) is 67.0 Å². The first kappa shape index (κ1) is 48.3. The minimum Gasteiger partial charge on any atom is -0.850 e. The second kappa shape index (κ2) is 29.0. The number of carbonyl (C=O) groups excluding carboxylic acids is 6. The number of ketones is 1. The van der Waals surface area contributed by atoms with Gasteiger partial charge in [-0.15, -0.1) is 5.60 Å². The molecule has 2 aromatic carbocycles. The second-order valence-corrected chi connectivity index (χ2v) is 11.7. The molecular formula is C35H51KN2O8. The van der Waals surface area contributed by atoms with Gasteiger partial charge in [0.05, 0.1) is 13.5 Å². The van der Waals surface area contributed by atoms with E-state index < -0.39 is 5.60 Å². The first-order valence-electron chi connectivity index (χ1n) is 15.0. The quantitative estimate of drug-likeness (QED) is 0.284. The predicted molar refractivity (Wildman–Crippen MR) is 168 cm³/mol. The number of carbonyl (C=O) groups is 2. The number of Topliss-reactive ketones (excluding diaryl/α,β-unsaturated/α-hetero) is 1. The summed E-state index contributed by atoms with van der Waals surface area (Å²) in [6.45, 7) is 17.0. The van der Waals surface area contributed by atoms with Gasteiger partial charge in [0, 0.05) is 44.1 Å². The molecule has 1 aliphatic rings. The number of hydrogen-bond donors (Lipinski definition) is 0. The molecule has 1 aliphatic heterocycles. The van der Waals surface area contributed by atoms with Crippen molar-refractivity contribution in [3.8, 4) is 0 Å². The van der Waals surface area contributed by atoms with Crippen LogP contribution >= 0.6 is 0 Å².